The highest BCUT2D eigenvalue weighted by Gasteiger charge is 2.35. The summed E-state index contributed by atoms with van der Waals surface area (Å²) < 4.78 is 0. The Labute approximate surface area is 181 Å². The monoisotopic (exact) mass is 416 g/mol. The van der Waals surface area contributed by atoms with Gasteiger partial charge in [-0.3, -0.25) is 9.59 Å². The van der Waals surface area contributed by atoms with E-state index in [-0.39, 0.29) is 24.2 Å². The second kappa shape index (κ2) is 8.76. The molecule has 1 heterocycles. The van der Waals surface area contributed by atoms with Gasteiger partial charge in [-0.2, -0.15) is 0 Å². The maximum atomic E-state index is 13.0. The lowest BCUT2D eigenvalue weighted by molar-refractivity contribution is -0.122. The maximum Gasteiger partial charge on any atom is 0.229 e. The Morgan fingerprint density at radius 3 is 2.47 bits per heavy atom. The first-order chi connectivity index (χ1) is 14.5. The molecule has 3 aromatic rings. The van der Waals surface area contributed by atoms with Crippen molar-refractivity contribution in [1.29, 1.82) is 0 Å². The van der Waals surface area contributed by atoms with Crippen molar-refractivity contribution in [2.24, 2.45) is 5.92 Å². The van der Waals surface area contributed by atoms with Crippen LogP contribution >= 0.6 is 11.8 Å². The van der Waals surface area contributed by atoms with Crippen LogP contribution in [0.1, 0.15) is 17.5 Å². The molecule has 0 spiro atoms. The van der Waals surface area contributed by atoms with Gasteiger partial charge < -0.3 is 10.2 Å². The van der Waals surface area contributed by atoms with Crippen molar-refractivity contribution in [2.45, 2.75) is 30.1 Å². The van der Waals surface area contributed by atoms with E-state index in [2.05, 4.69) is 5.32 Å². The highest BCUT2D eigenvalue weighted by Crippen LogP contribution is 2.34. The Morgan fingerprint density at radius 2 is 1.70 bits per heavy atom. The number of nitrogens with zero attached hydrogens (tertiary/aromatic N) is 1. The number of rotatable bonds is 5. The van der Waals surface area contributed by atoms with Crippen LogP contribution in [-0.4, -0.2) is 18.4 Å². The van der Waals surface area contributed by atoms with Crippen LogP contribution in [0, 0.1) is 19.8 Å². The molecule has 2 amide bonds. The van der Waals surface area contributed by atoms with E-state index in [1.54, 1.807) is 16.7 Å². The summed E-state index contributed by atoms with van der Waals surface area (Å²) >= 11 is 1.61. The molecule has 1 N–H and O–H groups in total. The van der Waals surface area contributed by atoms with Gasteiger partial charge >= 0.3 is 0 Å². The molecule has 1 saturated heterocycles. The minimum atomic E-state index is -0.367. The van der Waals surface area contributed by atoms with Crippen molar-refractivity contribution < 1.29 is 9.59 Å². The summed E-state index contributed by atoms with van der Waals surface area (Å²) in [5, 5.41) is 3.05. The van der Waals surface area contributed by atoms with Crippen molar-refractivity contribution in [3.63, 3.8) is 0 Å². The molecule has 0 aromatic heterocycles. The fourth-order valence-corrected chi connectivity index (χ4v) is 4.46. The summed E-state index contributed by atoms with van der Waals surface area (Å²) in [4.78, 5) is 29.4. The lowest BCUT2D eigenvalue weighted by Gasteiger charge is -2.18. The molecule has 152 valence electrons. The van der Waals surface area contributed by atoms with Gasteiger partial charge in [-0.1, -0.05) is 48.2 Å². The minimum Gasteiger partial charge on any atom is -0.325 e. The van der Waals surface area contributed by atoms with Crippen molar-refractivity contribution in [3.05, 3.63) is 83.9 Å². The van der Waals surface area contributed by atoms with Gasteiger partial charge in [-0.15, -0.1) is 0 Å². The van der Waals surface area contributed by atoms with Crippen molar-refractivity contribution in [3.8, 4) is 0 Å². The average Bonchev–Trinajstić information content (AvgIpc) is 3.14. The molecule has 1 atom stereocenters. The molecule has 1 fully saturated rings. The molecule has 0 saturated carbocycles. The predicted octanol–water partition coefficient (Wildman–Crippen LogP) is 5.45. The average molecular weight is 417 g/mol. The van der Waals surface area contributed by atoms with Crippen LogP contribution in [0.15, 0.2) is 82.6 Å². The fourth-order valence-electron chi connectivity index (χ4n) is 3.54. The Balaban J connectivity index is 1.47. The van der Waals surface area contributed by atoms with Gasteiger partial charge in [0, 0.05) is 28.4 Å². The van der Waals surface area contributed by atoms with Gasteiger partial charge in [0.1, 0.15) is 0 Å². The summed E-state index contributed by atoms with van der Waals surface area (Å²) in [6.45, 7) is 4.48. The zero-order valence-corrected chi connectivity index (χ0v) is 17.9. The molecule has 1 unspecified atom stereocenters. The molecule has 0 radical (unpaired) electrons. The molecular weight excluding hydrogens is 392 g/mol. The quantitative estimate of drug-likeness (QED) is 0.602. The molecule has 5 heteroatoms. The number of hydrogen-bond acceptors (Lipinski definition) is 3. The van der Waals surface area contributed by atoms with Crippen LogP contribution in [0.25, 0.3) is 0 Å². The number of carbonyl (C=O) groups excluding carboxylic acids is 2. The van der Waals surface area contributed by atoms with Crippen LogP contribution in [-0.2, 0) is 9.59 Å². The normalized spacial score (nSPS) is 16.0. The number of para-hydroxylation sites is 1. The fraction of sp³-hybridized carbons (Fsp3) is 0.200. The van der Waals surface area contributed by atoms with Crippen LogP contribution in [0.5, 0.6) is 0 Å². The minimum absolute atomic E-state index is 0.00894. The Hall–Kier alpha value is -3.05. The number of carbonyl (C=O) groups is 2. The van der Waals surface area contributed by atoms with E-state index in [0.29, 0.717) is 6.54 Å². The van der Waals surface area contributed by atoms with E-state index in [4.69, 9.17) is 0 Å². The molecule has 30 heavy (non-hydrogen) atoms. The zero-order valence-electron chi connectivity index (χ0n) is 17.1. The topological polar surface area (TPSA) is 49.4 Å². The van der Waals surface area contributed by atoms with Gasteiger partial charge in [0.25, 0.3) is 0 Å². The Morgan fingerprint density at radius 1 is 0.967 bits per heavy atom. The SMILES string of the molecule is Cc1ccc(N2CC(C(=O)Nc3ccccc3Sc3ccccc3)CC2=O)cc1C. The van der Waals surface area contributed by atoms with E-state index in [9.17, 15) is 9.59 Å². The first kappa shape index (κ1) is 20.2. The number of benzene rings is 3. The maximum absolute atomic E-state index is 13.0. The van der Waals surface area contributed by atoms with Crippen LogP contribution in [0.3, 0.4) is 0 Å². The molecule has 3 aromatic carbocycles. The van der Waals surface area contributed by atoms with Crippen molar-refractivity contribution in [1.82, 2.24) is 0 Å². The summed E-state index contributed by atoms with van der Waals surface area (Å²) in [5.74, 6) is -0.491. The molecule has 4 nitrogen and oxygen atoms in total. The Kier molecular flexibility index (Phi) is 5.91. The third-order valence-electron chi connectivity index (χ3n) is 5.41. The van der Waals surface area contributed by atoms with Gasteiger partial charge in [-0.25, -0.2) is 0 Å². The van der Waals surface area contributed by atoms with Gasteiger partial charge in [0.15, 0.2) is 0 Å². The smallest absolute Gasteiger partial charge is 0.229 e. The van der Waals surface area contributed by atoms with E-state index >= 15 is 0 Å². The van der Waals surface area contributed by atoms with Gasteiger partial charge in [0.05, 0.1) is 11.6 Å². The van der Waals surface area contributed by atoms with Crippen molar-refractivity contribution in [2.75, 3.05) is 16.8 Å². The number of aryl methyl sites for hydroxylation is 2. The van der Waals surface area contributed by atoms with Crippen LogP contribution in [0.2, 0.25) is 0 Å². The first-order valence-electron chi connectivity index (χ1n) is 10.0. The Bertz CT molecular complexity index is 1080. The van der Waals surface area contributed by atoms with E-state index in [1.165, 1.54) is 5.56 Å². The molecule has 0 bridgehead atoms. The third kappa shape index (κ3) is 4.41. The van der Waals surface area contributed by atoms with Gasteiger partial charge in [0.2, 0.25) is 11.8 Å². The summed E-state index contributed by atoms with van der Waals surface area (Å²) in [6, 6.07) is 23.8. The summed E-state index contributed by atoms with van der Waals surface area (Å²) in [5.41, 5.74) is 3.96. The second-order valence-corrected chi connectivity index (χ2v) is 8.69. The number of nitrogens with one attached hydrogen (secondary N) is 1. The van der Waals surface area contributed by atoms with E-state index in [0.717, 1.165) is 26.7 Å². The lowest BCUT2D eigenvalue weighted by atomic mass is 10.1. The summed E-state index contributed by atoms with van der Waals surface area (Å²) in [7, 11) is 0. The summed E-state index contributed by atoms with van der Waals surface area (Å²) in [6.07, 6.45) is 0.229. The van der Waals surface area contributed by atoms with Crippen LogP contribution in [0.4, 0.5) is 11.4 Å². The lowest BCUT2D eigenvalue weighted by Crippen LogP contribution is -2.28. The highest BCUT2D eigenvalue weighted by molar-refractivity contribution is 7.99. The molecule has 4 rings (SSSR count). The largest absolute Gasteiger partial charge is 0.325 e. The second-order valence-electron chi connectivity index (χ2n) is 7.57. The van der Waals surface area contributed by atoms with Crippen molar-refractivity contribution >= 4 is 35.0 Å². The van der Waals surface area contributed by atoms with E-state index < -0.39 is 0 Å². The predicted molar refractivity (Wildman–Crippen MR) is 122 cm³/mol. The zero-order chi connectivity index (χ0) is 21.1. The third-order valence-corrected chi connectivity index (χ3v) is 6.50. The molecule has 1 aliphatic heterocycles. The molecular formula is C25H24N2O2S. The molecule has 0 aliphatic carbocycles. The highest BCUT2D eigenvalue weighted by atomic mass is 32.2. The van der Waals surface area contributed by atoms with Crippen LogP contribution < -0.4 is 10.2 Å². The van der Waals surface area contributed by atoms with E-state index in [1.807, 2.05) is 86.6 Å². The standard InChI is InChI=1S/C25H24N2O2S/c1-17-12-13-20(14-18(17)2)27-16-19(15-24(27)28)25(29)26-22-10-6-7-11-23(22)30-21-8-4-3-5-9-21/h3-14,19H,15-16H2,1-2H3,(H,26,29). The number of amides is 2. The number of anilines is 2. The van der Waals surface area contributed by atoms with Gasteiger partial charge in [-0.05, 0) is 61.4 Å². The number of hydrogen-bond donors (Lipinski definition) is 1. The molecule has 1 aliphatic rings. The first-order valence-corrected chi connectivity index (χ1v) is 10.8.